The Bertz CT molecular complexity index is 534. The molecule has 0 aromatic rings. The minimum atomic E-state index is 0.253. The van der Waals surface area contributed by atoms with Crippen LogP contribution in [0.5, 0.6) is 0 Å². The zero-order chi connectivity index (χ0) is 15.5. The van der Waals surface area contributed by atoms with Crippen LogP contribution >= 0.6 is 0 Å². The van der Waals surface area contributed by atoms with E-state index in [1.165, 1.54) is 31.1 Å². The first-order valence-electron chi connectivity index (χ1n) is 9.23. The molecule has 3 fully saturated rings. The monoisotopic (exact) mass is 300 g/mol. The number of hydrogen-bond acceptors (Lipinski definition) is 2. The Balaban J connectivity index is 1.67. The summed E-state index contributed by atoms with van der Waals surface area (Å²) < 4.78 is 0. The highest BCUT2D eigenvalue weighted by Crippen LogP contribution is 2.64. The second-order valence-corrected chi connectivity index (χ2v) is 8.72. The number of rotatable bonds is 1. The summed E-state index contributed by atoms with van der Waals surface area (Å²) in [6.45, 7) is 4.79. The van der Waals surface area contributed by atoms with Crippen molar-refractivity contribution in [1.82, 2.24) is 0 Å². The molecule has 0 aromatic heterocycles. The average molecular weight is 300 g/mol. The van der Waals surface area contributed by atoms with E-state index < -0.39 is 0 Å². The van der Waals surface area contributed by atoms with Gasteiger partial charge in [0.2, 0.25) is 0 Å². The zero-order valence-corrected chi connectivity index (χ0v) is 13.9. The van der Waals surface area contributed by atoms with E-state index in [1.807, 2.05) is 6.08 Å². The molecule has 0 bridgehead atoms. The van der Waals surface area contributed by atoms with Gasteiger partial charge in [-0.2, -0.15) is 0 Å². The first-order chi connectivity index (χ1) is 10.5. The van der Waals surface area contributed by atoms with E-state index in [-0.39, 0.29) is 11.3 Å². The summed E-state index contributed by atoms with van der Waals surface area (Å²) in [4.78, 5) is 23.3. The van der Waals surface area contributed by atoms with Crippen LogP contribution in [0.25, 0.3) is 0 Å². The molecule has 0 heterocycles. The van der Waals surface area contributed by atoms with Crippen LogP contribution in [0, 0.1) is 40.9 Å². The lowest BCUT2D eigenvalue weighted by Crippen LogP contribution is -2.49. The first kappa shape index (κ1) is 14.7. The van der Waals surface area contributed by atoms with Crippen molar-refractivity contribution in [2.75, 3.05) is 0 Å². The highest BCUT2D eigenvalue weighted by molar-refractivity contribution is 5.91. The molecular formula is C20H28O2. The van der Waals surface area contributed by atoms with E-state index in [0.29, 0.717) is 17.6 Å². The maximum atomic E-state index is 11.8. The van der Waals surface area contributed by atoms with Gasteiger partial charge in [0.05, 0.1) is 0 Å². The van der Waals surface area contributed by atoms with Crippen LogP contribution in [0.1, 0.15) is 58.8 Å². The lowest BCUT2D eigenvalue weighted by atomic mass is 9.49. The molecule has 0 aliphatic heterocycles. The van der Waals surface area contributed by atoms with Gasteiger partial charge in [-0.1, -0.05) is 19.4 Å². The molecule has 4 rings (SSSR count). The number of carbonyl (C=O) groups excluding carboxylic acids is 2. The largest absolute Gasteiger partial charge is 0.303 e. The van der Waals surface area contributed by atoms with E-state index >= 15 is 0 Å². The standard InChI is InChI=1S/C20H28O2/c1-12-9-13-10-15(22)4-5-16(13)17-7-8-20(2)14(11-21)3-6-18(20)19(12)17/h10-12,14,16-19H,3-9H2,1-2H3/t12-,14+,16+,17-,18-,19-,20-/m1/s1. The Morgan fingerprint density at radius 3 is 2.82 bits per heavy atom. The fourth-order valence-electron chi connectivity index (χ4n) is 6.85. The number of carbonyl (C=O) groups is 2. The minimum absolute atomic E-state index is 0.253. The van der Waals surface area contributed by atoms with E-state index in [0.717, 1.165) is 43.4 Å². The fourth-order valence-corrected chi connectivity index (χ4v) is 6.85. The van der Waals surface area contributed by atoms with Crippen LogP contribution in [0.2, 0.25) is 0 Å². The van der Waals surface area contributed by atoms with Crippen molar-refractivity contribution in [2.24, 2.45) is 40.9 Å². The van der Waals surface area contributed by atoms with Gasteiger partial charge in [-0.15, -0.1) is 0 Å². The van der Waals surface area contributed by atoms with E-state index in [4.69, 9.17) is 0 Å². The Kier molecular flexibility index (Phi) is 3.36. The molecule has 4 aliphatic carbocycles. The minimum Gasteiger partial charge on any atom is -0.303 e. The number of fused-ring (bicyclic) bond motifs is 5. The van der Waals surface area contributed by atoms with Gasteiger partial charge in [-0.3, -0.25) is 4.79 Å². The highest BCUT2D eigenvalue weighted by atomic mass is 16.1. The molecule has 0 amide bonds. The van der Waals surface area contributed by atoms with Gasteiger partial charge in [-0.05, 0) is 79.6 Å². The van der Waals surface area contributed by atoms with Crippen molar-refractivity contribution in [3.05, 3.63) is 11.6 Å². The molecular weight excluding hydrogens is 272 g/mol. The Labute approximate surface area is 133 Å². The summed E-state index contributed by atoms with van der Waals surface area (Å²) in [7, 11) is 0. The number of allylic oxidation sites excluding steroid dienone is 1. The van der Waals surface area contributed by atoms with Crippen molar-refractivity contribution in [3.8, 4) is 0 Å². The Morgan fingerprint density at radius 1 is 1.23 bits per heavy atom. The molecule has 22 heavy (non-hydrogen) atoms. The van der Waals surface area contributed by atoms with Gasteiger partial charge < -0.3 is 4.79 Å². The van der Waals surface area contributed by atoms with Crippen molar-refractivity contribution in [3.63, 3.8) is 0 Å². The van der Waals surface area contributed by atoms with Gasteiger partial charge in [0.25, 0.3) is 0 Å². The maximum Gasteiger partial charge on any atom is 0.155 e. The molecule has 3 saturated carbocycles. The molecule has 2 nitrogen and oxygen atoms in total. The predicted octanol–water partition coefficient (Wildman–Crippen LogP) is 4.19. The Hall–Kier alpha value is -0.920. The molecule has 7 atom stereocenters. The van der Waals surface area contributed by atoms with Crippen LogP contribution < -0.4 is 0 Å². The van der Waals surface area contributed by atoms with Crippen molar-refractivity contribution >= 4 is 12.1 Å². The number of hydrogen-bond donors (Lipinski definition) is 0. The van der Waals surface area contributed by atoms with Gasteiger partial charge in [-0.25, -0.2) is 0 Å². The van der Waals surface area contributed by atoms with Crippen molar-refractivity contribution in [1.29, 1.82) is 0 Å². The molecule has 0 unspecified atom stereocenters. The van der Waals surface area contributed by atoms with Gasteiger partial charge in [0, 0.05) is 12.3 Å². The molecule has 2 heteroatoms. The van der Waals surface area contributed by atoms with E-state index in [9.17, 15) is 9.59 Å². The Morgan fingerprint density at radius 2 is 2.05 bits per heavy atom. The van der Waals surface area contributed by atoms with E-state index in [1.54, 1.807) is 0 Å². The molecule has 0 radical (unpaired) electrons. The van der Waals surface area contributed by atoms with Crippen LogP contribution in [-0.4, -0.2) is 12.1 Å². The molecule has 120 valence electrons. The van der Waals surface area contributed by atoms with Crippen molar-refractivity contribution < 1.29 is 9.59 Å². The molecule has 0 aromatic carbocycles. The third-order valence-corrected chi connectivity index (χ3v) is 7.88. The first-order valence-corrected chi connectivity index (χ1v) is 9.23. The third kappa shape index (κ3) is 1.91. The third-order valence-electron chi connectivity index (χ3n) is 7.88. The van der Waals surface area contributed by atoms with Gasteiger partial charge in [0.15, 0.2) is 5.78 Å². The molecule has 0 N–H and O–H groups in total. The lowest BCUT2D eigenvalue weighted by molar-refractivity contribution is -0.119. The predicted molar refractivity (Wildman–Crippen MR) is 86.2 cm³/mol. The maximum absolute atomic E-state index is 11.8. The van der Waals surface area contributed by atoms with Crippen molar-refractivity contribution in [2.45, 2.75) is 58.8 Å². The second-order valence-electron chi connectivity index (χ2n) is 8.72. The second kappa shape index (κ2) is 5.04. The van der Waals surface area contributed by atoms with Gasteiger partial charge in [0.1, 0.15) is 6.29 Å². The average Bonchev–Trinajstić information content (AvgIpc) is 2.83. The number of ketones is 1. The topological polar surface area (TPSA) is 34.1 Å². The van der Waals surface area contributed by atoms with Crippen LogP contribution in [0.15, 0.2) is 11.6 Å². The highest BCUT2D eigenvalue weighted by Gasteiger charge is 2.57. The van der Waals surface area contributed by atoms with Crippen LogP contribution in [0.4, 0.5) is 0 Å². The van der Waals surface area contributed by atoms with E-state index in [2.05, 4.69) is 13.8 Å². The quantitative estimate of drug-likeness (QED) is 0.680. The summed E-state index contributed by atoms with van der Waals surface area (Å²) in [5.74, 6) is 4.25. The normalized spacial score (nSPS) is 50.6. The summed E-state index contributed by atoms with van der Waals surface area (Å²) in [6.07, 6.45) is 11.0. The number of aldehydes is 1. The molecule has 0 saturated heterocycles. The van der Waals surface area contributed by atoms with Crippen LogP contribution in [-0.2, 0) is 9.59 Å². The lowest BCUT2D eigenvalue weighted by Gasteiger charge is -2.55. The SMILES string of the molecule is C[C@@H]1CC2=CC(=O)CC[C@@H]2[C@H]2CC[C@]3(C)[C@H](C=O)CC[C@@H]3[C@@H]21. The zero-order valence-electron chi connectivity index (χ0n) is 13.9. The van der Waals surface area contributed by atoms with Crippen LogP contribution in [0.3, 0.4) is 0 Å². The summed E-state index contributed by atoms with van der Waals surface area (Å²) >= 11 is 0. The smallest absolute Gasteiger partial charge is 0.155 e. The molecule has 0 spiro atoms. The fraction of sp³-hybridized carbons (Fsp3) is 0.800. The summed E-state index contributed by atoms with van der Waals surface area (Å²) in [5.41, 5.74) is 1.71. The summed E-state index contributed by atoms with van der Waals surface area (Å²) in [6, 6.07) is 0. The summed E-state index contributed by atoms with van der Waals surface area (Å²) in [5, 5.41) is 0. The van der Waals surface area contributed by atoms with Gasteiger partial charge >= 0.3 is 0 Å². The molecule has 4 aliphatic rings.